The smallest absolute Gasteiger partial charge is 0.120 e. The lowest BCUT2D eigenvalue weighted by Gasteiger charge is -2.09. The molecule has 1 atom stereocenters. The van der Waals surface area contributed by atoms with Gasteiger partial charge in [0, 0.05) is 17.6 Å². The Bertz CT molecular complexity index is 329. The van der Waals surface area contributed by atoms with Crippen LogP contribution in [0.25, 0.3) is 0 Å². The van der Waals surface area contributed by atoms with Gasteiger partial charge in [0.2, 0.25) is 0 Å². The highest BCUT2D eigenvalue weighted by Crippen LogP contribution is 2.22. The van der Waals surface area contributed by atoms with Gasteiger partial charge in [0.05, 0.1) is 7.11 Å². The minimum atomic E-state index is 0.235. The highest BCUT2D eigenvalue weighted by Gasteiger charge is 2.02. The fourth-order valence-corrected chi connectivity index (χ4v) is 1.59. The third-order valence-electron chi connectivity index (χ3n) is 2.35. The molecule has 0 saturated carbocycles. The summed E-state index contributed by atoms with van der Waals surface area (Å²) >= 11 is 6.10. The Kier molecular flexibility index (Phi) is 5.60. The Morgan fingerprint density at radius 1 is 1.50 bits per heavy atom. The first-order valence-corrected chi connectivity index (χ1v) is 5.80. The summed E-state index contributed by atoms with van der Waals surface area (Å²) in [6.07, 6.45) is 0.966. The maximum atomic E-state index is 6.10. The zero-order chi connectivity index (χ0) is 12.0. The van der Waals surface area contributed by atoms with Crippen LogP contribution < -0.4 is 15.8 Å². The number of nitrogens with one attached hydrogen (secondary N) is 1. The van der Waals surface area contributed by atoms with E-state index in [1.807, 2.05) is 25.1 Å². The first-order valence-electron chi connectivity index (χ1n) is 5.42. The fourth-order valence-electron chi connectivity index (χ4n) is 1.35. The van der Waals surface area contributed by atoms with Crippen molar-refractivity contribution in [2.45, 2.75) is 25.9 Å². The van der Waals surface area contributed by atoms with Gasteiger partial charge in [-0.25, -0.2) is 0 Å². The summed E-state index contributed by atoms with van der Waals surface area (Å²) in [4.78, 5) is 0. The molecule has 0 saturated heterocycles. The van der Waals surface area contributed by atoms with Gasteiger partial charge in [-0.1, -0.05) is 17.7 Å². The maximum Gasteiger partial charge on any atom is 0.120 e. The van der Waals surface area contributed by atoms with E-state index in [9.17, 15) is 0 Å². The van der Waals surface area contributed by atoms with Crippen LogP contribution in [0.1, 0.15) is 18.9 Å². The molecule has 0 aromatic heterocycles. The molecule has 4 heteroatoms. The Hall–Kier alpha value is -0.770. The topological polar surface area (TPSA) is 47.3 Å². The summed E-state index contributed by atoms with van der Waals surface area (Å²) < 4.78 is 5.09. The third-order valence-corrected chi connectivity index (χ3v) is 2.70. The lowest BCUT2D eigenvalue weighted by atomic mass is 10.2. The highest BCUT2D eigenvalue weighted by atomic mass is 35.5. The molecular weight excluding hydrogens is 224 g/mol. The molecule has 0 amide bonds. The van der Waals surface area contributed by atoms with E-state index < -0.39 is 0 Å². The first-order chi connectivity index (χ1) is 7.63. The molecular formula is C12H19ClN2O. The number of halogens is 1. The number of nitrogens with two attached hydrogens (primary N) is 1. The SMILES string of the molecule is COc1ccc(CNCCC(C)N)c(Cl)c1. The van der Waals surface area contributed by atoms with Crippen molar-refractivity contribution in [3.63, 3.8) is 0 Å². The molecule has 0 aliphatic rings. The summed E-state index contributed by atoms with van der Waals surface area (Å²) in [6, 6.07) is 5.94. The van der Waals surface area contributed by atoms with Gasteiger partial charge in [-0.3, -0.25) is 0 Å². The zero-order valence-corrected chi connectivity index (χ0v) is 10.6. The Labute approximate surface area is 102 Å². The van der Waals surface area contributed by atoms with Crippen LogP contribution in [0.2, 0.25) is 5.02 Å². The predicted molar refractivity (Wildman–Crippen MR) is 68.0 cm³/mol. The van der Waals surface area contributed by atoms with E-state index in [1.54, 1.807) is 7.11 Å². The minimum Gasteiger partial charge on any atom is -0.497 e. The molecule has 0 spiro atoms. The van der Waals surface area contributed by atoms with E-state index in [-0.39, 0.29) is 6.04 Å². The van der Waals surface area contributed by atoms with Crippen LogP contribution in [0.4, 0.5) is 0 Å². The van der Waals surface area contributed by atoms with E-state index in [0.29, 0.717) is 0 Å². The quantitative estimate of drug-likeness (QED) is 0.752. The number of benzene rings is 1. The molecule has 0 aliphatic carbocycles. The molecule has 90 valence electrons. The molecule has 3 nitrogen and oxygen atoms in total. The lowest BCUT2D eigenvalue weighted by molar-refractivity contribution is 0.414. The highest BCUT2D eigenvalue weighted by molar-refractivity contribution is 6.31. The lowest BCUT2D eigenvalue weighted by Crippen LogP contribution is -2.23. The Balaban J connectivity index is 2.42. The van der Waals surface area contributed by atoms with Crippen LogP contribution in [-0.2, 0) is 6.54 Å². The van der Waals surface area contributed by atoms with E-state index in [0.717, 1.165) is 35.8 Å². The first kappa shape index (κ1) is 13.3. The van der Waals surface area contributed by atoms with Crippen molar-refractivity contribution in [1.82, 2.24) is 5.32 Å². The van der Waals surface area contributed by atoms with Crippen LogP contribution in [0, 0.1) is 0 Å². The average Bonchev–Trinajstić information content (AvgIpc) is 2.25. The second kappa shape index (κ2) is 6.74. The van der Waals surface area contributed by atoms with E-state index >= 15 is 0 Å². The van der Waals surface area contributed by atoms with Gasteiger partial charge >= 0.3 is 0 Å². The van der Waals surface area contributed by atoms with Gasteiger partial charge in [0.15, 0.2) is 0 Å². The number of hydrogen-bond donors (Lipinski definition) is 2. The molecule has 0 aliphatic heterocycles. The van der Waals surface area contributed by atoms with Gasteiger partial charge in [0.25, 0.3) is 0 Å². The Morgan fingerprint density at radius 2 is 2.25 bits per heavy atom. The summed E-state index contributed by atoms with van der Waals surface area (Å²) in [5, 5.41) is 4.04. The van der Waals surface area contributed by atoms with Gasteiger partial charge in [-0.15, -0.1) is 0 Å². The summed E-state index contributed by atoms with van der Waals surface area (Å²) in [7, 11) is 1.63. The molecule has 1 aromatic carbocycles. The summed E-state index contributed by atoms with van der Waals surface area (Å²) in [5.74, 6) is 0.782. The largest absolute Gasteiger partial charge is 0.497 e. The van der Waals surface area contributed by atoms with Crippen molar-refractivity contribution in [1.29, 1.82) is 0 Å². The molecule has 0 fully saturated rings. The molecule has 0 radical (unpaired) electrons. The van der Waals surface area contributed by atoms with Crippen LogP contribution in [0.3, 0.4) is 0 Å². The zero-order valence-electron chi connectivity index (χ0n) is 9.79. The number of ether oxygens (including phenoxy) is 1. The van der Waals surface area contributed by atoms with Crippen LogP contribution >= 0.6 is 11.6 Å². The third kappa shape index (κ3) is 4.39. The monoisotopic (exact) mass is 242 g/mol. The van der Waals surface area contributed by atoms with Crippen LogP contribution in [0.5, 0.6) is 5.75 Å². The van der Waals surface area contributed by atoms with Crippen LogP contribution in [0.15, 0.2) is 18.2 Å². The second-order valence-electron chi connectivity index (χ2n) is 3.90. The minimum absolute atomic E-state index is 0.235. The predicted octanol–water partition coefficient (Wildman–Crippen LogP) is 2.18. The van der Waals surface area contributed by atoms with Crippen molar-refractivity contribution in [2.24, 2.45) is 5.73 Å². The molecule has 1 rings (SSSR count). The van der Waals surface area contributed by atoms with Crippen LogP contribution in [-0.4, -0.2) is 19.7 Å². The van der Waals surface area contributed by atoms with Gasteiger partial charge < -0.3 is 15.8 Å². The van der Waals surface area contributed by atoms with E-state index in [4.69, 9.17) is 22.1 Å². The number of hydrogen-bond acceptors (Lipinski definition) is 3. The molecule has 0 bridgehead atoms. The molecule has 3 N–H and O–H groups in total. The standard InChI is InChI=1S/C12H19ClN2O/c1-9(14)5-6-15-8-10-3-4-11(16-2)7-12(10)13/h3-4,7,9,15H,5-6,8,14H2,1-2H3. The number of methoxy groups -OCH3 is 1. The van der Waals surface area contributed by atoms with Crippen molar-refractivity contribution >= 4 is 11.6 Å². The van der Waals surface area contributed by atoms with Gasteiger partial charge in [-0.05, 0) is 37.6 Å². The van der Waals surface area contributed by atoms with E-state index in [2.05, 4.69) is 5.32 Å². The van der Waals surface area contributed by atoms with Crippen molar-refractivity contribution in [3.05, 3.63) is 28.8 Å². The van der Waals surface area contributed by atoms with Gasteiger partial charge in [-0.2, -0.15) is 0 Å². The van der Waals surface area contributed by atoms with E-state index in [1.165, 1.54) is 0 Å². The maximum absolute atomic E-state index is 6.10. The van der Waals surface area contributed by atoms with Crippen molar-refractivity contribution in [2.75, 3.05) is 13.7 Å². The Morgan fingerprint density at radius 3 is 2.81 bits per heavy atom. The summed E-state index contributed by atoms with van der Waals surface area (Å²) in [6.45, 7) is 3.66. The van der Waals surface area contributed by atoms with Crippen molar-refractivity contribution < 1.29 is 4.74 Å². The fraction of sp³-hybridized carbons (Fsp3) is 0.500. The summed E-state index contributed by atoms with van der Waals surface area (Å²) in [5.41, 5.74) is 6.73. The van der Waals surface area contributed by atoms with Gasteiger partial charge in [0.1, 0.15) is 5.75 Å². The number of rotatable bonds is 6. The molecule has 16 heavy (non-hydrogen) atoms. The average molecular weight is 243 g/mol. The normalized spacial score (nSPS) is 12.5. The molecule has 0 heterocycles. The second-order valence-corrected chi connectivity index (χ2v) is 4.31. The molecule has 1 aromatic rings. The van der Waals surface area contributed by atoms with Crippen molar-refractivity contribution in [3.8, 4) is 5.75 Å². The molecule has 1 unspecified atom stereocenters.